The number of nitrogens with one attached hydrogen (secondary N) is 2. The van der Waals surface area contributed by atoms with Crippen molar-refractivity contribution in [1.29, 1.82) is 0 Å². The van der Waals surface area contributed by atoms with Crippen molar-refractivity contribution in [2.75, 3.05) is 10.6 Å². The normalized spacial score (nSPS) is 10.8. The first kappa shape index (κ1) is 23.0. The summed E-state index contributed by atoms with van der Waals surface area (Å²) in [5, 5.41) is 6.32. The van der Waals surface area contributed by atoms with Crippen LogP contribution in [0, 0.1) is 11.6 Å². The van der Waals surface area contributed by atoms with Crippen molar-refractivity contribution >= 4 is 34.1 Å². The van der Waals surface area contributed by atoms with Gasteiger partial charge in [0, 0.05) is 33.4 Å². The number of nitrogens with zero attached hydrogens (tertiary/aromatic N) is 1. The fourth-order valence-electron chi connectivity index (χ4n) is 4.05. The number of amides is 2. The Labute approximate surface area is 206 Å². The van der Waals surface area contributed by atoms with Gasteiger partial charge in [0.15, 0.2) is 0 Å². The highest BCUT2D eigenvalue weighted by molar-refractivity contribution is 6.08. The monoisotopic (exact) mass is 481 g/mol. The fraction of sp³-hybridized carbons (Fsp3) is 0.0345. The van der Waals surface area contributed by atoms with Gasteiger partial charge in [0.25, 0.3) is 11.8 Å². The first-order chi connectivity index (χ1) is 17.5. The number of anilines is 2. The topological polar surface area (TPSA) is 63.1 Å². The van der Waals surface area contributed by atoms with Crippen molar-refractivity contribution in [3.05, 3.63) is 132 Å². The number of halogens is 2. The Kier molecular flexibility index (Phi) is 6.28. The minimum atomic E-state index is -0.502. The Morgan fingerprint density at radius 2 is 1.44 bits per heavy atom. The van der Waals surface area contributed by atoms with E-state index in [1.807, 2.05) is 18.2 Å². The molecule has 1 aromatic heterocycles. The molecular formula is C29H21F2N3O2. The Bertz CT molecular complexity index is 1580. The molecule has 4 aromatic carbocycles. The van der Waals surface area contributed by atoms with E-state index in [0.717, 1.165) is 6.07 Å². The molecule has 36 heavy (non-hydrogen) atoms. The number of carbonyl (C=O) groups is 2. The molecule has 0 atom stereocenters. The lowest BCUT2D eigenvalue weighted by atomic mass is 10.2. The molecule has 2 N–H and O–H groups in total. The molecule has 1 heterocycles. The number of fused-ring (bicyclic) bond motifs is 1. The number of para-hydroxylation sites is 1. The van der Waals surface area contributed by atoms with E-state index < -0.39 is 11.7 Å². The smallest absolute Gasteiger partial charge is 0.272 e. The Hall–Kier alpha value is -4.78. The summed E-state index contributed by atoms with van der Waals surface area (Å²) in [6.45, 7) is 0.142. The van der Waals surface area contributed by atoms with Crippen LogP contribution in [0.15, 0.2) is 103 Å². The molecule has 178 valence electrons. The molecule has 5 nitrogen and oxygen atoms in total. The third kappa shape index (κ3) is 4.86. The van der Waals surface area contributed by atoms with Crippen molar-refractivity contribution in [2.45, 2.75) is 6.54 Å². The average Bonchev–Trinajstić information content (AvgIpc) is 3.23. The number of hydrogen-bond donors (Lipinski definition) is 2. The van der Waals surface area contributed by atoms with Crippen LogP contribution < -0.4 is 10.6 Å². The Morgan fingerprint density at radius 3 is 2.22 bits per heavy atom. The summed E-state index contributed by atoms with van der Waals surface area (Å²) in [6.07, 6.45) is 0. The van der Waals surface area contributed by atoms with Gasteiger partial charge < -0.3 is 15.2 Å². The van der Waals surface area contributed by atoms with Gasteiger partial charge in [-0.15, -0.1) is 0 Å². The minimum Gasteiger partial charge on any atom is -0.332 e. The number of benzene rings is 4. The van der Waals surface area contributed by atoms with E-state index in [4.69, 9.17) is 0 Å². The molecule has 0 aliphatic heterocycles. The quantitative estimate of drug-likeness (QED) is 0.292. The molecule has 0 fully saturated rings. The molecule has 7 heteroatoms. The number of hydrogen-bond acceptors (Lipinski definition) is 2. The van der Waals surface area contributed by atoms with E-state index in [0.29, 0.717) is 33.5 Å². The van der Waals surface area contributed by atoms with Gasteiger partial charge in [-0.1, -0.05) is 42.5 Å². The number of aromatic nitrogens is 1. The van der Waals surface area contributed by atoms with Gasteiger partial charge in [-0.05, 0) is 60.7 Å². The second-order valence-corrected chi connectivity index (χ2v) is 8.27. The van der Waals surface area contributed by atoms with Crippen LogP contribution in [0.2, 0.25) is 0 Å². The van der Waals surface area contributed by atoms with Gasteiger partial charge in [0.1, 0.15) is 17.3 Å². The van der Waals surface area contributed by atoms with E-state index in [9.17, 15) is 18.4 Å². The fourth-order valence-corrected chi connectivity index (χ4v) is 4.05. The largest absolute Gasteiger partial charge is 0.332 e. The van der Waals surface area contributed by atoms with Crippen molar-refractivity contribution in [1.82, 2.24) is 4.57 Å². The Morgan fingerprint density at radius 1 is 0.694 bits per heavy atom. The van der Waals surface area contributed by atoms with Crippen molar-refractivity contribution < 1.29 is 18.4 Å². The summed E-state index contributed by atoms with van der Waals surface area (Å²) >= 11 is 0. The molecular weight excluding hydrogens is 460 g/mol. The lowest BCUT2D eigenvalue weighted by Crippen LogP contribution is -2.17. The highest BCUT2D eigenvalue weighted by atomic mass is 19.1. The van der Waals surface area contributed by atoms with Crippen molar-refractivity contribution in [3.8, 4) is 0 Å². The summed E-state index contributed by atoms with van der Waals surface area (Å²) in [5.74, 6) is -1.68. The zero-order chi connectivity index (χ0) is 25.1. The summed E-state index contributed by atoms with van der Waals surface area (Å²) in [6, 6.07) is 27.7. The number of carbonyl (C=O) groups excluding carboxylic acids is 2. The van der Waals surface area contributed by atoms with Gasteiger partial charge in [-0.25, -0.2) is 8.78 Å². The van der Waals surface area contributed by atoms with E-state index in [1.165, 1.54) is 24.3 Å². The van der Waals surface area contributed by atoms with Crippen LogP contribution in [0.4, 0.5) is 20.2 Å². The van der Waals surface area contributed by atoms with Gasteiger partial charge in [-0.3, -0.25) is 9.59 Å². The third-order valence-corrected chi connectivity index (χ3v) is 5.80. The van der Waals surface area contributed by atoms with E-state index >= 15 is 0 Å². The second-order valence-electron chi connectivity index (χ2n) is 8.27. The lowest BCUT2D eigenvalue weighted by Gasteiger charge is -2.12. The van der Waals surface area contributed by atoms with Crippen LogP contribution in [0.3, 0.4) is 0 Å². The highest BCUT2D eigenvalue weighted by Gasteiger charge is 2.18. The second kappa shape index (κ2) is 9.84. The van der Waals surface area contributed by atoms with Crippen LogP contribution in [0.1, 0.15) is 26.4 Å². The highest BCUT2D eigenvalue weighted by Crippen LogP contribution is 2.26. The van der Waals surface area contributed by atoms with Gasteiger partial charge in [0.2, 0.25) is 0 Å². The SMILES string of the molecule is O=C(Nc1ccc2c(c1)cc(C(=O)Nc1ccccc1)n2Cc1ccccc1F)c1cccc(F)c1. The molecule has 0 aliphatic rings. The van der Waals surface area contributed by atoms with Crippen LogP contribution in [-0.4, -0.2) is 16.4 Å². The van der Waals surface area contributed by atoms with E-state index in [-0.39, 0.29) is 23.8 Å². The maximum Gasteiger partial charge on any atom is 0.272 e. The zero-order valence-electron chi connectivity index (χ0n) is 19.0. The average molecular weight is 482 g/mol. The molecule has 0 saturated carbocycles. The van der Waals surface area contributed by atoms with Crippen LogP contribution in [0.25, 0.3) is 10.9 Å². The maximum atomic E-state index is 14.5. The van der Waals surface area contributed by atoms with Gasteiger partial charge >= 0.3 is 0 Å². The summed E-state index contributed by atoms with van der Waals surface area (Å²) in [4.78, 5) is 25.8. The van der Waals surface area contributed by atoms with Crippen LogP contribution >= 0.6 is 0 Å². The van der Waals surface area contributed by atoms with Gasteiger partial charge in [0.05, 0.1) is 6.54 Å². The molecule has 0 bridgehead atoms. The molecule has 0 spiro atoms. The Balaban J connectivity index is 1.51. The van der Waals surface area contributed by atoms with Crippen LogP contribution in [0.5, 0.6) is 0 Å². The molecule has 5 rings (SSSR count). The summed E-state index contributed by atoms with van der Waals surface area (Å²) in [7, 11) is 0. The first-order valence-electron chi connectivity index (χ1n) is 11.3. The molecule has 0 radical (unpaired) electrons. The van der Waals surface area contributed by atoms with E-state index in [1.54, 1.807) is 59.2 Å². The zero-order valence-corrected chi connectivity index (χ0v) is 19.0. The molecule has 5 aromatic rings. The molecule has 2 amide bonds. The van der Waals surface area contributed by atoms with Crippen molar-refractivity contribution in [2.24, 2.45) is 0 Å². The summed E-state index contributed by atoms with van der Waals surface area (Å²) < 4.78 is 29.7. The molecule has 0 unspecified atom stereocenters. The predicted molar refractivity (Wildman–Crippen MR) is 136 cm³/mol. The third-order valence-electron chi connectivity index (χ3n) is 5.80. The standard InChI is InChI=1S/C29H21F2N3O2/c30-22-9-6-8-19(15-22)28(35)33-24-13-14-26-21(16-24)17-27(29(36)32-23-10-2-1-3-11-23)34(26)18-20-7-4-5-12-25(20)31/h1-17H,18H2,(H,32,36)(H,33,35). The van der Waals surface area contributed by atoms with Crippen LogP contribution in [-0.2, 0) is 6.54 Å². The van der Waals surface area contributed by atoms with Crippen molar-refractivity contribution in [3.63, 3.8) is 0 Å². The molecule has 0 aliphatic carbocycles. The van der Waals surface area contributed by atoms with E-state index in [2.05, 4.69) is 10.6 Å². The first-order valence-corrected chi connectivity index (χ1v) is 11.3. The molecule has 0 saturated heterocycles. The number of rotatable bonds is 6. The minimum absolute atomic E-state index is 0.142. The maximum absolute atomic E-state index is 14.5. The van der Waals surface area contributed by atoms with Gasteiger partial charge in [-0.2, -0.15) is 0 Å². The summed E-state index contributed by atoms with van der Waals surface area (Å²) in [5.41, 5.74) is 2.77. The predicted octanol–water partition coefficient (Wildman–Crippen LogP) is 6.47. The lowest BCUT2D eigenvalue weighted by molar-refractivity contribution is 0.101.